The highest BCUT2D eigenvalue weighted by molar-refractivity contribution is 5.99. The number of allylic oxidation sites excluding steroid dienone is 2. The first-order chi connectivity index (χ1) is 42.5. The van der Waals surface area contributed by atoms with Crippen LogP contribution < -0.4 is 27.0 Å². The fraction of sp³-hybridized carbons (Fsp3) is 0.721. The summed E-state index contributed by atoms with van der Waals surface area (Å²) in [6.07, 6.45) is 1.12. The molecule has 520 valence electrons. The SMILES string of the molecule is CC[C@@H]1NC(=O)C([C@H](O)[C@H](C)CC=C(C)c2ccc(N)cc2)N(C)C(=O)C(C(C)C)N(C)C(=O)[C@H](CC(C)C)N(C)C(=O)[C@H](CC(C)C)N(C)C(=O)[C@H](C)NC(=O)[C@H](C)NC(=O)[C@H](CC(C)C)N(C)C(=O)[C@H](C(C)C)NC(=O)[C@H](CC(C)C)N(C)C(=O)CN(C)C1=O. The second-order valence-corrected chi connectivity index (χ2v) is 28.0. The molecule has 0 bridgehead atoms. The number of carbonyl (C=O) groups is 11. The van der Waals surface area contributed by atoms with Gasteiger partial charge in [0.05, 0.1) is 12.6 Å². The van der Waals surface area contributed by atoms with Crippen molar-refractivity contribution in [2.45, 2.75) is 223 Å². The molecule has 2 unspecified atom stereocenters. The van der Waals surface area contributed by atoms with Crippen LogP contribution in [0.4, 0.5) is 5.69 Å². The van der Waals surface area contributed by atoms with Crippen LogP contribution in [0.2, 0.25) is 0 Å². The molecule has 0 radical (unpaired) electrons. The van der Waals surface area contributed by atoms with Gasteiger partial charge in [-0.15, -0.1) is 0 Å². The van der Waals surface area contributed by atoms with E-state index in [1.165, 1.54) is 87.7 Å². The molecule has 12 atom stereocenters. The highest BCUT2D eigenvalue weighted by Crippen LogP contribution is 2.27. The summed E-state index contributed by atoms with van der Waals surface area (Å²) in [4.78, 5) is 170. The molecule has 7 N–H and O–H groups in total. The van der Waals surface area contributed by atoms with Crippen LogP contribution >= 0.6 is 0 Å². The fourth-order valence-corrected chi connectivity index (χ4v) is 11.6. The predicted molar refractivity (Wildman–Crippen MR) is 358 cm³/mol. The third-order valence-corrected chi connectivity index (χ3v) is 17.5. The first kappa shape index (κ1) is 81.0. The molecule has 0 aliphatic carbocycles. The highest BCUT2D eigenvalue weighted by atomic mass is 16.3. The van der Waals surface area contributed by atoms with Crippen LogP contribution in [0, 0.1) is 41.4 Å². The Morgan fingerprint density at radius 2 is 0.924 bits per heavy atom. The predicted octanol–water partition coefficient (Wildman–Crippen LogP) is 4.38. The summed E-state index contributed by atoms with van der Waals surface area (Å²) in [6.45, 7) is 29.4. The highest BCUT2D eigenvalue weighted by Gasteiger charge is 2.46. The maximum absolute atomic E-state index is 15.4. The van der Waals surface area contributed by atoms with Gasteiger partial charge in [-0.3, -0.25) is 52.7 Å². The maximum atomic E-state index is 15.4. The Morgan fingerprint density at radius 3 is 1.39 bits per heavy atom. The van der Waals surface area contributed by atoms with Crippen molar-refractivity contribution < 1.29 is 57.8 Å². The Kier molecular flexibility index (Phi) is 32.0. The Bertz CT molecular complexity index is 2730. The Balaban J connectivity index is 3.01. The molecule has 0 aromatic heterocycles. The number of rotatable bonds is 16. The lowest BCUT2D eigenvalue weighted by molar-refractivity contribution is -0.157. The molecular formula is C68H116N12O12. The number of nitrogens with one attached hydrogen (secondary N) is 4. The van der Waals surface area contributed by atoms with Gasteiger partial charge in [0.25, 0.3) is 0 Å². The fourth-order valence-electron chi connectivity index (χ4n) is 11.6. The van der Waals surface area contributed by atoms with Crippen molar-refractivity contribution in [3.8, 4) is 0 Å². The second-order valence-electron chi connectivity index (χ2n) is 28.0. The van der Waals surface area contributed by atoms with Gasteiger partial charge in [-0.1, -0.05) is 115 Å². The number of nitrogens with zero attached hydrogens (tertiary/aromatic N) is 7. The van der Waals surface area contributed by atoms with Gasteiger partial charge in [-0.2, -0.15) is 0 Å². The van der Waals surface area contributed by atoms with Gasteiger partial charge in [0.2, 0.25) is 65.0 Å². The summed E-state index contributed by atoms with van der Waals surface area (Å²) in [5, 5.41) is 23.5. The van der Waals surface area contributed by atoms with Crippen LogP contribution in [-0.2, 0) is 52.7 Å². The smallest absolute Gasteiger partial charge is 0.246 e. The van der Waals surface area contributed by atoms with E-state index in [1.54, 1.807) is 53.7 Å². The van der Waals surface area contributed by atoms with Crippen LogP contribution in [-0.4, -0.2) is 227 Å². The van der Waals surface area contributed by atoms with Crippen molar-refractivity contribution in [3.05, 3.63) is 35.9 Å². The van der Waals surface area contributed by atoms with Crippen molar-refractivity contribution >= 4 is 76.2 Å². The number of amides is 11. The molecule has 24 heteroatoms. The summed E-state index contributed by atoms with van der Waals surface area (Å²) in [5.74, 6) is -10.0. The lowest BCUT2D eigenvalue weighted by Crippen LogP contribution is -2.63. The summed E-state index contributed by atoms with van der Waals surface area (Å²) >= 11 is 0. The van der Waals surface area contributed by atoms with Crippen molar-refractivity contribution in [2.75, 3.05) is 61.6 Å². The van der Waals surface area contributed by atoms with E-state index in [1.807, 2.05) is 80.5 Å². The third kappa shape index (κ3) is 22.3. The van der Waals surface area contributed by atoms with E-state index < -0.39 is 156 Å². The van der Waals surface area contributed by atoms with E-state index in [0.717, 1.165) is 20.9 Å². The summed E-state index contributed by atoms with van der Waals surface area (Å²) in [5.41, 5.74) is 8.26. The number of benzene rings is 1. The number of anilines is 1. The molecule has 11 amide bonds. The van der Waals surface area contributed by atoms with Crippen molar-refractivity contribution in [2.24, 2.45) is 41.4 Å². The van der Waals surface area contributed by atoms with Gasteiger partial charge in [0, 0.05) is 55.0 Å². The Morgan fingerprint density at radius 1 is 0.500 bits per heavy atom. The average Bonchev–Trinajstić information content (AvgIpc) is 0.816. The van der Waals surface area contributed by atoms with Gasteiger partial charge in [-0.05, 0) is 124 Å². The van der Waals surface area contributed by atoms with Crippen LogP contribution in [0.15, 0.2) is 30.3 Å². The van der Waals surface area contributed by atoms with E-state index in [9.17, 15) is 38.7 Å². The number of hydrogen-bond acceptors (Lipinski definition) is 13. The molecule has 1 aliphatic rings. The first-order valence-corrected chi connectivity index (χ1v) is 32.8. The number of nitrogens with two attached hydrogens (primary N) is 1. The minimum absolute atomic E-state index is 0.00000390. The van der Waals surface area contributed by atoms with E-state index in [-0.39, 0.29) is 62.2 Å². The Labute approximate surface area is 549 Å². The number of nitrogen functional groups attached to an aromatic ring is 1. The standard InChI is InChI=1S/C68H116N12O12/c1-25-49-64(88)74(18)36-54(81)75(19)50(32-37(2)3)61(85)73-55(41(10)11)67(91)76(20)51(33-38(4)5)60(84)70-45(16)59(83)71-46(17)63(87)77(21)52(34-39(6)7)65(89)78(22)53(35-40(8)9)66(90)79(23)56(42(12)13)68(92)80(24)57(62(86)72-49)58(82)44(15)27-26-43(14)47-28-30-48(69)31-29-47/h26,28-31,37-42,44-46,49-53,55-58,82H,25,27,32-36,69H2,1-24H3,(H,70,84)(H,71,83)(H,72,86)(H,73,85)/t44-,45+,46+,49+,50+,51+,52+,53+,55+,56?,57?,58-/m1/s1. The summed E-state index contributed by atoms with van der Waals surface area (Å²) in [6, 6.07) is -5.32. The minimum atomic E-state index is -1.67. The molecule has 1 fully saturated rings. The number of likely N-dealkylation sites (N-methyl/N-ethyl adjacent to an activating group) is 7. The topological polar surface area (TPSA) is 305 Å². The molecule has 1 aromatic carbocycles. The van der Waals surface area contributed by atoms with Gasteiger partial charge >= 0.3 is 0 Å². The van der Waals surface area contributed by atoms with Gasteiger partial charge in [-0.25, -0.2) is 0 Å². The zero-order chi connectivity index (χ0) is 70.8. The van der Waals surface area contributed by atoms with Crippen molar-refractivity contribution in [1.29, 1.82) is 0 Å². The molecule has 1 aliphatic heterocycles. The van der Waals surface area contributed by atoms with Gasteiger partial charge in [0.15, 0.2) is 0 Å². The molecule has 0 spiro atoms. The second kappa shape index (κ2) is 36.4. The summed E-state index contributed by atoms with van der Waals surface area (Å²) in [7, 11) is 9.91. The number of hydrogen-bond donors (Lipinski definition) is 6. The number of aliphatic hydroxyl groups excluding tert-OH is 1. The largest absolute Gasteiger partial charge is 0.399 e. The van der Waals surface area contributed by atoms with Crippen molar-refractivity contribution in [1.82, 2.24) is 55.6 Å². The van der Waals surface area contributed by atoms with E-state index in [4.69, 9.17) is 5.73 Å². The maximum Gasteiger partial charge on any atom is 0.246 e. The van der Waals surface area contributed by atoms with Crippen LogP contribution in [0.25, 0.3) is 5.57 Å². The lowest BCUT2D eigenvalue weighted by atomic mass is 9.90. The Hall–Kier alpha value is -7.11. The number of aliphatic hydroxyl groups is 1. The van der Waals surface area contributed by atoms with Crippen LogP contribution in [0.3, 0.4) is 0 Å². The molecular weight excluding hydrogens is 1180 g/mol. The summed E-state index contributed by atoms with van der Waals surface area (Å²) < 4.78 is 0. The van der Waals surface area contributed by atoms with E-state index >= 15 is 19.2 Å². The molecule has 24 nitrogen and oxygen atoms in total. The normalized spacial score (nSPS) is 25.8. The van der Waals surface area contributed by atoms with Crippen LogP contribution in [0.5, 0.6) is 0 Å². The number of carbonyl (C=O) groups excluding carboxylic acids is 11. The van der Waals surface area contributed by atoms with Gasteiger partial charge < -0.3 is 66.4 Å². The molecule has 1 saturated heterocycles. The molecule has 1 aromatic rings. The zero-order valence-corrected chi connectivity index (χ0v) is 59.9. The molecule has 92 heavy (non-hydrogen) atoms. The molecule has 2 rings (SSSR count). The lowest BCUT2D eigenvalue weighted by Gasteiger charge is -2.41. The van der Waals surface area contributed by atoms with E-state index in [2.05, 4.69) is 21.3 Å². The average molecular weight is 1290 g/mol. The van der Waals surface area contributed by atoms with Crippen molar-refractivity contribution in [3.63, 3.8) is 0 Å². The molecule has 1 heterocycles. The van der Waals surface area contributed by atoms with E-state index in [0.29, 0.717) is 5.69 Å². The molecule has 0 saturated carbocycles. The quantitative estimate of drug-likeness (QED) is 0.125. The monoisotopic (exact) mass is 1290 g/mol. The zero-order valence-electron chi connectivity index (χ0n) is 59.9. The minimum Gasteiger partial charge on any atom is -0.399 e. The van der Waals surface area contributed by atoms with Gasteiger partial charge in [0.1, 0.15) is 60.4 Å². The van der Waals surface area contributed by atoms with Crippen LogP contribution in [0.1, 0.15) is 162 Å². The first-order valence-electron chi connectivity index (χ1n) is 32.8. The third-order valence-electron chi connectivity index (χ3n) is 17.5.